The highest BCUT2D eigenvalue weighted by atomic mass is 32.2. The quantitative estimate of drug-likeness (QED) is 0.366. The van der Waals surface area contributed by atoms with Crippen LogP contribution in [-0.2, 0) is 29.1 Å². The van der Waals surface area contributed by atoms with Crippen molar-refractivity contribution in [2.45, 2.75) is 76.5 Å². The summed E-state index contributed by atoms with van der Waals surface area (Å²) in [5, 5.41) is 10.7. The number of nitrogens with zero attached hydrogens (tertiary/aromatic N) is 1. The van der Waals surface area contributed by atoms with E-state index in [0.717, 1.165) is 24.3 Å². The van der Waals surface area contributed by atoms with E-state index in [-0.39, 0.29) is 23.4 Å². The van der Waals surface area contributed by atoms with Crippen molar-refractivity contribution in [1.29, 1.82) is 0 Å². The summed E-state index contributed by atoms with van der Waals surface area (Å²) in [5.74, 6) is -1.44. The fourth-order valence-electron chi connectivity index (χ4n) is 2.25. The smallest absolute Gasteiger partial charge is 0.324 e. The predicted octanol–water partition coefficient (Wildman–Crippen LogP) is 2.71. The Hall–Kier alpha value is -2.53. The number of ether oxygens (including phenoxy) is 2. The third kappa shape index (κ3) is 8.87. The number of benzene rings is 1. The van der Waals surface area contributed by atoms with Gasteiger partial charge in [0.1, 0.15) is 17.2 Å². The first-order valence-corrected chi connectivity index (χ1v) is 10.7. The number of hydrogen-bond donors (Lipinski definition) is 1. The lowest BCUT2D eigenvalue weighted by Crippen LogP contribution is -2.44. The van der Waals surface area contributed by atoms with Gasteiger partial charge in [0.2, 0.25) is 10.0 Å². The number of nitro benzene ring substituents is 1. The van der Waals surface area contributed by atoms with Crippen LogP contribution in [0.1, 0.15) is 54.4 Å². The van der Waals surface area contributed by atoms with E-state index in [2.05, 4.69) is 4.72 Å². The molecule has 1 atom stereocenters. The molecule has 0 unspecified atom stereocenters. The van der Waals surface area contributed by atoms with Gasteiger partial charge in [0.05, 0.1) is 9.82 Å². The van der Waals surface area contributed by atoms with Crippen LogP contribution in [0.3, 0.4) is 0 Å². The molecule has 0 heterocycles. The maximum atomic E-state index is 12.7. The highest BCUT2D eigenvalue weighted by Crippen LogP contribution is 2.18. The fourth-order valence-corrected chi connectivity index (χ4v) is 3.47. The lowest BCUT2D eigenvalue weighted by atomic mass is 10.1. The number of nitro groups is 1. The SMILES string of the molecule is CC(C)(C)OC(=O)CC[C@H](NS(=O)(=O)c1ccc([N+](=O)[O-])cc1)C(=O)OC(C)(C)C. The average molecular weight is 445 g/mol. The van der Waals surface area contributed by atoms with Gasteiger partial charge in [-0.1, -0.05) is 0 Å². The van der Waals surface area contributed by atoms with Gasteiger partial charge in [-0.3, -0.25) is 19.7 Å². The summed E-state index contributed by atoms with van der Waals surface area (Å²) >= 11 is 0. The number of sulfonamides is 1. The minimum absolute atomic E-state index is 0.184. The summed E-state index contributed by atoms with van der Waals surface area (Å²) in [6.45, 7) is 9.94. The molecule has 0 radical (unpaired) electrons. The van der Waals surface area contributed by atoms with Crippen LogP contribution in [0.2, 0.25) is 0 Å². The van der Waals surface area contributed by atoms with Crippen LogP contribution in [0.15, 0.2) is 29.2 Å². The van der Waals surface area contributed by atoms with Crippen molar-refractivity contribution in [3.05, 3.63) is 34.4 Å². The Balaban J connectivity index is 3.04. The van der Waals surface area contributed by atoms with E-state index in [0.29, 0.717) is 0 Å². The molecule has 0 aromatic heterocycles. The number of carbonyl (C=O) groups excluding carboxylic acids is 2. The predicted molar refractivity (Wildman–Crippen MR) is 108 cm³/mol. The lowest BCUT2D eigenvalue weighted by molar-refractivity contribution is -0.384. The lowest BCUT2D eigenvalue weighted by Gasteiger charge is -2.25. The zero-order valence-corrected chi connectivity index (χ0v) is 18.7. The van der Waals surface area contributed by atoms with Crippen molar-refractivity contribution < 1.29 is 32.4 Å². The Kier molecular flexibility index (Phi) is 8.09. The van der Waals surface area contributed by atoms with Crippen LogP contribution >= 0.6 is 0 Å². The largest absolute Gasteiger partial charge is 0.460 e. The van der Waals surface area contributed by atoms with E-state index in [9.17, 15) is 28.1 Å². The van der Waals surface area contributed by atoms with E-state index < -0.39 is 44.1 Å². The molecule has 0 saturated carbocycles. The topological polar surface area (TPSA) is 142 Å². The van der Waals surface area contributed by atoms with Crippen molar-refractivity contribution in [1.82, 2.24) is 4.72 Å². The minimum Gasteiger partial charge on any atom is -0.460 e. The van der Waals surface area contributed by atoms with Crippen LogP contribution < -0.4 is 4.72 Å². The average Bonchev–Trinajstić information content (AvgIpc) is 2.55. The second kappa shape index (κ2) is 9.52. The monoisotopic (exact) mass is 444 g/mol. The molecule has 0 saturated heterocycles. The highest BCUT2D eigenvalue weighted by Gasteiger charge is 2.31. The van der Waals surface area contributed by atoms with E-state index in [1.165, 1.54) is 0 Å². The molecule has 0 spiro atoms. The summed E-state index contributed by atoms with van der Waals surface area (Å²) in [6, 6.07) is 2.84. The summed E-state index contributed by atoms with van der Waals surface area (Å²) in [5.41, 5.74) is -1.88. The van der Waals surface area contributed by atoms with Crippen molar-refractivity contribution in [3.63, 3.8) is 0 Å². The van der Waals surface area contributed by atoms with Crippen molar-refractivity contribution in [3.8, 4) is 0 Å². The highest BCUT2D eigenvalue weighted by molar-refractivity contribution is 7.89. The normalized spacial score (nSPS) is 13.4. The third-order valence-corrected chi connectivity index (χ3v) is 4.89. The van der Waals surface area contributed by atoms with Gasteiger partial charge in [-0.05, 0) is 60.1 Å². The number of esters is 2. The Labute approximate surface area is 176 Å². The summed E-state index contributed by atoms with van der Waals surface area (Å²) < 4.78 is 38.0. The standard InChI is InChI=1S/C19H28N2O8S/c1-18(2,3)28-16(22)12-11-15(17(23)29-19(4,5)6)20-30(26,27)14-9-7-13(8-10-14)21(24)25/h7-10,15,20H,11-12H2,1-6H3/t15-/m0/s1. The van der Waals surface area contributed by atoms with Gasteiger partial charge in [0.15, 0.2) is 0 Å². The van der Waals surface area contributed by atoms with Crippen molar-refractivity contribution in [2.24, 2.45) is 0 Å². The van der Waals surface area contributed by atoms with E-state index in [1.807, 2.05) is 0 Å². The zero-order chi connectivity index (χ0) is 23.3. The van der Waals surface area contributed by atoms with E-state index in [1.54, 1.807) is 41.5 Å². The van der Waals surface area contributed by atoms with Gasteiger partial charge in [-0.15, -0.1) is 0 Å². The first kappa shape index (κ1) is 25.5. The molecule has 168 valence electrons. The first-order valence-electron chi connectivity index (χ1n) is 9.22. The van der Waals surface area contributed by atoms with Crippen molar-refractivity contribution in [2.75, 3.05) is 0 Å². The maximum absolute atomic E-state index is 12.7. The molecule has 0 bridgehead atoms. The van der Waals surface area contributed by atoms with Gasteiger partial charge in [-0.2, -0.15) is 4.72 Å². The van der Waals surface area contributed by atoms with E-state index >= 15 is 0 Å². The Morgan fingerprint density at radius 1 is 1.03 bits per heavy atom. The number of rotatable bonds is 8. The zero-order valence-electron chi connectivity index (χ0n) is 17.9. The van der Waals surface area contributed by atoms with Gasteiger partial charge in [0, 0.05) is 18.6 Å². The summed E-state index contributed by atoms with van der Waals surface area (Å²) in [6.07, 6.45) is -0.403. The molecule has 30 heavy (non-hydrogen) atoms. The maximum Gasteiger partial charge on any atom is 0.324 e. The number of hydrogen-bond acceptors (Lipinski definition) is 8. The number of nitrogens with one attached hydrogen (secondary N) is 1. The second-order valence-corrected chi connectivity index (χ2v) is 10.3. The minimum atomic E-state index is -4.21. The fraction of sp³-hybridized carbons (Fsp3) is 0.579. The van der Waals surface area contributed by atoms with Crippen LogP contribution in [0, 0.1) is 10.1 Å². The Morgan fingerprint density at radius 3 is 1.97 bits per heavy atom. The number of carbonyl (C=O) groups is 2. The number of non-ortho nitro benzene ring substituents is 1. The van der Waals surface area contributed by atoms with E-state index in [4.69, 9.17) is 9.47 Å². The van der Waals surface area contributed by atoms with Crippen LogP contribution in [-0.4, -0.2) is 42.5 Å². The molecular weight excluding hydrogens is 416 g/mol. The van der Waals surface area contributed by atoms with Crippen LogP contribution in [0.25, 0.3) is 0 Å². The molecule has 0 amide bonds. The Bertz CT molecular complexity index is 881. The van der Waals surface area contributed by atoms with Gasteiger partial charge in [0.25, 0.3) is 5.69 Å². The molecule has 0 aliphatic heterocycles. The third-order valence-electron chi connectivity index (χ3n) is 3.40. The van der Waals surface area contributed by atoms with Gasteiger partial charge in [-0.25, -0.2) is 8.42 Å². The molecular formula is C19H28N2O8S. The molecule has 0 aliphatic rings. The molecule has 1 rings (SSSR count). The van der Waals surface area contributed by atoms with Gasteiger partial charge < -0.3 is 9.47 Å². The molecule has 0 aliphatic carbocycles. The first-order chi connectivity index (χ1) is 13.5. The summed E-state index contributed by atoms with van der Waals surface area (Å²) in [7, 11) is -4.21. The second-order valence-electron chi connectivity index (χ2n) is 8.58. The molecule has 0 fully saturated rings. The summed E-state index contributed by atoms with van der Waals surface area (Å²) in [4.78, 5) is 34.3. The molecule has 1 aromatic carbocycles. The molecule has 1 aromatic rings. The van der Waals surface area contributed by atoms with Gasteiger partial charge >= 0.3 is 11.9 Å². The molecule has 11 heteroatoms. The molecule has 1 N–H and O–H groups in total. The molecule has 10 nitrogen and oxygen atoms in total. The van der Waals surface area contributed by atoms with Crippen LogP contribution in [0.4, 0.5) is 5.69 Å². The van der Waals surface area contributed by atoms with Crippen molar-refractivity contribution >= 4 is 27.6 Å². The van der Waals surface area contributed by atoms with Crippen LogP contribution in [0.5, 0.6) is 0 Å². The Morgan fingerprint density at radius 2 is 1.53 bits per heavy atom.